The van der Waals surface area contributed by atoms with Crippen LogP contribution in [0.1, 0.15) is 23.6 Å². The number of amides is 1. The summed E-state index contributed by atoms with van der Waals surface area (Å²) in [7, 11) is 0. The van der Waals surface area contributed by atoms with Gasteiger partial charge in [0.05, 0.1) is 16.6 Å². The third-order valence-corrected chi connectivity index (χ3v) is 4.51. The minimum Gasteiger partial charge on any atom is -0.302 e. The second kappa shape index (κ2) is 6.28. The normalized spacial score (nSPS) is 10.8. The Morgan fingerprint density at radius 3 is 2.82 bits per heavy atom. The summed E-state index contributed by atoms with van der Waals surface area (Å²) in [6.45, 7) is 4.14. The number of carbonyl (C=O) groups excluding carboxylic acids is 1. The molecular formula is C18H18N2OS. The van der Waals surface area contributed by atoms with Crippen LogP contribution in [0.3, 0.4) is 0 Å². The van der Waals surface area contributed by atoms with Crippen LogP contribution in [0.4, 0.5) is 5.13 Å². The van der Waals surface area contributed by atoms with Crippen LogP contribution in [0.2, 0.25) is 0 Å². The first-order chi connectivity index (χ1) is 10.7. The first-order valence-corrected chi connectivity index (χ1v) is 8.21. The smallest absolute Gasteiger partial charge is 0.230 e. The molecule has 4 heteroatoms. The molecule has 0 radical (unpaired) electrons. The Balaban J connectivity index is 1.76. The predicted molar refractivity (Wildman–Crippen MR) is 92.5 cm³/mol. The maximum absolute atomic E-state index is 12.2. The molecule has 0 aliphatic heterocycles. The monoisotopic (exact) mass is 310 g/mol. The molecule has 3 nitrogen and oxygen atoms in total. The zero-order valence-electron chi connectivity index (χ0n) is 12.7. The van der Waals surface area contributed by atoms with Crippen molar-refractivity contribution in [1.29, 1.82) is 0 Å². The third kappa shape index (κ3) is 3.17. The highest BCUT2D eigenvalue weighted by Gasteiger charge is 2.10. The van der Waals surface area contributed by atoms with Crippen molar-refractivity contribution in [1.82, 2.24) is 4.98 Å². The highest BCUT2D eigenvalue weighted by molar-refractivity contribution is 7.22. The van der Waals surface area contributed by atoms with Crippen molar-refractivity contribution in [2.75, 3.05) is 5.32 Å². The molecule has 3 rings (SSSR count). The predicted octanol–water partition coefficient (Wildman–Crippen LogP) is 4.35. The van der Waals surface area contributed by atoms with E-state index in [9.17, 15) is 4.79 Å². The first-order valence-electron chi connectivity index (χ1n) is 7.39. The van der Waals surface area contributed by atoms with Gasteiger partial charge in [0.2, 0.25) is 5.91 Å². The summed E-state index contributed by atoms with van der Waals surface area (Å²) >= 11 is 1.53. The number of carbonyl (C=O) groups is 1. The summed E-state index contributed by atoms with van der Waals surface area (Å²) in [5, 5.41) is 3.59. The van der Waals surface area contributed by atoms with Crippen LogP contribution < -0.4 is 5.32 Å². The van der Waals surface area contributed by atoms with E-state index < -0.39 is 0 Å². The number of aryl methyl sites for hydroxylation is 2. The van der Waals surface area contributed by atoms with Gasteiger partial charge in [-0.1, -0.05) is 60.2 Å². The lowest BCUT2D eigenvalue weighted by atomic mass is 10.1. The van der Waals surface area contributed by atoms with Crippen LogP contribution in [0.25, 0.3) is 10.2 Å². The molecule has 2 aromatic carbocycles. The molecule has 0 bridgehead atoms. The number of nitrogens with zero attached hydrogens (tertiary/aromatic N) is 1. The van der Waals surface area contributed by atoms with Crippen LogP contribution in [-0.4, -0.2) is 10.9 Å². The van der Waals surface area contributed by atoms with Crippen LogP contribution in [-0.2, 0) is 17.6 Å². The molecule has 1 N–H and O–H groups in total. The van der Waals surface area contributed by atoms with Gasteiger partial charge >= 0.3 is 0 Å². The summed E-state index contributed by atoms with van der Waals surface area (Å²) in [4.78, 5) is 16.7. The minimum absolute atomic E-state index is 0.0253. The quantitative estimate of drug-likeness (QED) is 0.778. The van der Waals surface area contributed by atoms with Gasteiger partial charge in [0, 0.05) is 0 Å². The molecule has 0 atom stereocenters. The van der Waals surface area contributed by atoms with E-state index in [2.05, 4.69) is 23.3 Å². The van der Waals surface area contributed by atoms with Gasteiger partial charge in [0.1, 0.15) is 0 Å². The van der Waals surface area contributed by atoms with Gasteiger partial charge < -0.3 is 5.32 Å². The van der Waals surface area contributed by atoms with Gasteiger partial charge in [0.25, 0.3) is 0 Å². The Bertz CT molecular complexity index is 823. The Morgan fingerprint density at radius 1 is 1.23 bits per heavy atom. The molecule has 0 unspecified atom stereocenters. The van der Waals surface area contributed by atoms with E-state index in [0.717, 1.165) is 27.8 Å². The van der Waals surface area contributed by atoms with E-state index in [0.29, 0.717) is 11.6 Å². The van der Waals surface area contributed by atoms with Crippen LogP contribution in [0, 0.1) is 6.92 Å². The Hall–Kier alpha value is -2.20. The number of rotatable bonds is 4. The van der Waals surface area contributed by atoms with Gasteiger partial charge in [-0.2, -0.15) is 0 Å². The number of thiazole rings is 1. The van der Waals surface area contributed by atoms with Gasteiger partial charge in [-0.3, -0.25) is 4.79 Å². The van der Waals surface area contributed by atoms with Crippen molar-refractivity contribution >= 4 is 32.6 Å². The highest BCUT2D eigenvalue weighted by atomic mass is 32.1. The van der Waals surface area contributed by atoms with Crippen LogP contribution in [0.5, 0.6) is 0 Å². The van der Waals surface area contributed by atoms with Crippen molar-refractivity contribution in [3.05, 3.63) is 59.2 Å². The number of hydrogen-bond donors (Lipinski definition) is 1. The number of nitrogens with one attached hydrogen (secondary N) is 1. The molecule has 0 fully saturated rings. The molecule has 22 heavy (non-hydrogen) atoms. The van der Waals surface area contributed by atoms with Gasteiger partial charge in [0.15, 0.2) is 5.13 Å². The van der Waals surface area contributed by atoms with E-state index >= 15 is 0 Å². The first kappa shape index (κ1) is 14.7. The zero-order valence-corrected chi connectivity index (χ0v) is 13.5. The second-order valence-corrected chi connectivity index (χ2v) is 6.38. The van der Waals surface area contributed by atoms with Crippen LogP contribution in [0.15, 0.2) is 42.5 Å². The topological polar surface area (TPSA) is 42.0 Å². The van der Waals surface area contributed by atoms with E-state index in [-0.39, 0.29) is 5.91 Å². The van der Waals surface area contributed by atoms with E-state index in [1.165, 1.54) is 16.9 Å². The standard InChI is InChI=1S/C18H18N2OS/c1-3-14-8-5-9-15-17(14)20-18(22-15)19-16(21)11-13-7-4-6-12(2)10-13/h4-10H,3,11H2,1-2H3,(H,19,20,21). The largest absolute Gasteiger partial charge is 0.302 e. The Morgan fingerprint density at radius 2 is 2.05 bits per heavy atom. The van der Waals surface area contributed by atoms with Crippen molar-refractivity contribution in [2.24, 2.45) is 0 Å². The van der Waals surface area contributed by atoms with Gasteiger partial charge in [-0.15, -0.1) is 0 Å². The average Bonchev–Trinajstić information content (AvgIpc) is 2.89. The molecular weight excluding hydrogens is 292 g/mol. The number of hydrogen-bond acceptors (Lipinski definition) is 3. The van der Waals surface area contributed by atoms with Crippen molar-refractivity contribution in [3.8, 4) is 0 Å². The molecule has 3 aromatic rings. The SMILES string of the molecule is CCc1cccc2sc(NC(=O)Cc3cccc(C)c3)nc12. The fourth-order valence-electron chi connectivity index (χ4n) is 2.52. The number of anilines is 1. The minimum atomic E-state index is -0.0253. The van der Waals surface area contributed by atoms with Crippen molar-refractivity contribution in [2.45, 2.75) is 26.7 Å². The van der Waals surface area contributed by atoms with Crippen molar-refractivity contribution in [3.63, 3.8) is 0 Å². The van der Waals surface area contributed by atoms with Gasteiger partial charge in [-0.25, -0.2) is 4.98 Å². The Labute approximate surface area is 134 Å². The number of benzene rings is 2. The number of fused-ring (bicyclic) bond motifs is 1. The van der Waals surface area contributed by atoms with E-state index in [4.69, 9.17) is 0 Å². The molecule has 1 heterocycles. The summed E-state index contributed by atoms with van der Waals surface area (Å²) in [5.41, 5.74) is 4.40. The molecule has 0 aliphatic rings. The summed E-state index contributed by atoms with van der Waals surface area (Å²) in [6, 6.07) is 14.2. The lowest BCUT2D eigenvalue weighted by Gasteiger charge is -2.02. The third-order valence-electron chi connectivity index (χ3n) is 3.58. The molecule has 1 amide bonds. The summed E-state index contributed by atoms with van der Waals surface area (Å²) < 4.78 is 1.12. The van der Waals surface area contributed by atoms with Crippen LogP contribution >= 0.6 is 11.3 Å². The summed E-state index contributed by atoms with van der Waals surface area (Å²) in [5.74, 6) is -0.0253. The molecule has 112 valence electrons. The maximum Gasteiger partial charge on any atom is 0.230 e. The fourth-order valence-corrected chi connectivity index (χ4v) is 3.45. The molecule has 1 aromatic heterocycles. The molecule has 0 saturated carbocycles. The highest BCUT2D eigenvalue weighted by Crippen LogP contribution is 2.28. The lowest BCUT2D eigenvalue weighted by Crippen LogP contribution is -2.14. The zero-order chi connectivity index (χ0) is 15.5. The molecule has 0 saturated heterocycles. The van der Waals surface area contributed by atoms with E-state index in [1.807, 2.05) is 43.3 Å². The molecule has 0 aliphatic carbocycles. The number of aromatic nitrogens is 1. The average molecular weight is 310 g/mol. The summed E-state index contributed by atoms with van der Waals surface area (Å²) in [6.07, 6.45) is 1.32. The fraction of sp³-hybridized carbons (Fsp3) is 0.222. The van der Waals surface area contributed by atoms with Crippen molar-refractivity contribution < 1.29 is 4.79 Å². The second-order valence-electron chi connectivity index (χ2n) is 5.35. The maximum atomic E-state index is 12.2. The Kier molecular flexibility index (Phi) is 4.20. The lowest BCUT2D eigenvalue weighted by molar-refractivity contribution is -0.115. The molecule has 0 spiro atoms. The van der Waals surface area contributed by atoms with Gasteiger partial charge in [-0.05, 0) is 30.5 Å². The number of para-hydroxylation sites is 1. The van der Waals surface area contributed by atoms with E-state index in [1.54, 1.807) is 0 Å².